The molecule has 23 heavy (non-hydrogen) atoms. The highest BCUT2D eigenvalue weighted by Crippen LogP contribution is 2.31. The molecule has 5 nitrogen and oxygen atoms in total. The van der Waals surface area contributed by atoms with Crippen LogP contribution in [0.25, 0.3) is 0 Å². The number of carbonyl (C=O) groups is 1. The fourth-order valence-electron chi connectivity index (χ4n) is 2.62. The molecule has 2 heterocycles. The predicted octanol–water partition coefficient (Wildman–Crippen LogP) is 4.19. The van der Waals surface area contributed by atoms with E-state index in [9.17, 15) is 4.79 Å². The lowest BCUT2D eigenvalue weighted by molar-refractivity contribution is 0.0584. The number of furan rings is 1. The second-order valence-electron chi connectivity index (χ2n) is 6.66. The maximum absolute atomic E-state index is 12.3. The van der Waals surface area contributed by atoms with Crippen molar-refractivity contribution in [1.82, 2.24) is 0 Å². The van der Waals surface area contributed by atoms with Crippen LogP contribution in [0.4, 0.5) is 16.2 Å². The highest BCUT2D eigenvalue weighted by Gasteiger charge is 2.28. The monoisotopic (exact) mass is 314 g/mol. The van der Waals surface area contributed by atoms with Crippen molar-refractivity contribution in [2.24, 2.45) is 0 Å². The normalized spacial score (nSPS) is 13.8. The van der Waals surface area contributed by atoms with Gasteiger partial charge in [-0.25, -0.2) is 4.79 Å². The number of ether oxygens (including phenoxy) is 1. The fraction of sp³-hybridized carbons (Fsp3) is 0.389. The van der Waals surface area contributed by atoms with Crippen molar-refractivity contribution in [3.8, 4) is 0 Å². The highest BCUT2D eigenvalue weighted by molar-refractivity contribution is 5.91. The first kappa shape index (κ1) is 15.5. The van der Waals surface area contributed by atoms with Gasteiger partial charge < -0.3 is 14.5 Å². The maximum atomic E-state index is 12.3. The van der Waals surface area contributed by atoms with Crippen molar-refractivity contribution in [3.05, 3.63) is 47.9 Å². The molecule has 0 spiro atoms. The molecule has 0 fully saturated rings. The minimum absolute atomic E-state index is 0.285. The number of carbonyl (C=O) groups excluding carboxylic acids is 1. The van der Waals surface area contributed by atoms with Crippen LogP contribution in [-0.2, 0) is 17.7 Å². The minimum Gasteiger partial charge on any atom is -0.467 e. The third kappa shape index (κ3) is 3.67. The Morgan fingerprint density at radius 3 is 2.87 bits per heavy atom. The summed E-state index contributed by atoms with van der Waals surface area (Å²) in [5.74, 6) is 0.890. The summed E-state index contributed by atoms with van der Waals surface area (Å²) in [6.07, 6.45) is 2.22. The lowest BCUT2D eigenvalue weighted by Crippen LogP contribution is -2.35. The number of benzene rings is 1. The van der Waals surface area contributed by atoms with Crippen LogP contribution in [0, 0.1) is 0 Å². The molecular formula is C18H22N2O3. The number of nitrogens with zero attached hydrogens (tertiary/aromatic N) is 1. The summed E-state index contributed by atoms with van der Waals surface area (Å²) < 4.78 is 10.8. The first-order valence-corrected chi connectivity index (χ1v) is 7.82. The van der Waals surface area contributed by atoms with Crippen molar-refractivity contribution in [3.63, 3.8) is 0 Å². The van der Waals surface area contributed by atoms with Gasteiger partial charge >= 0.3 is 6.09 Å². The first-order chi connectivity index (χ1) is 10.9. The van der Waals surface area contributed by atoms with Crippen molar-refractivity contribution >= 4 is 17.5 Å². The topological polar surface area (TPSA) is 54.7 Å². The molecule has 0 saturated carbocycles. The molecule has 2 aromatic rings. The number of nitrogens with one attached hydrogen (secondary N) is 1. The van der Waals surface area contributed by atoms with Gasteiger partial charge in [-0.2, -0.15) is 0 Å². The van der Waals surface area contributed by atoms with Crippen molar-refractivity contribution < 1.29 is 13.9 Å². The summed E-state index contributed by atoms with van der Waals surface area (Å²) in [6.45, 7) is 6.93. The van der Waals surface area contributed by atoms with Gasteiger partial charge in [0.15, 0.2) is 0 Å². The van der Waals surface area contributed by atoms with E-state index in [-0.39, 0.29) is 6.09 Å². The molecule has 0 bridgehead atoms. The van der Waals surface area contributed by atoms with Crippen molar-refractivity contribution in [1.29, 1.82) is 0 Å². The van der Waals surface area contributed by atoms with Gasteiger partial charge in [-0.1, -0.05) is 0 Å². The lowest BCUT2D eigenvalue weighted by atomic mass is 10.1. The van der Waals surface area contributed by atoms with E-state index in [0.717, 1.165) is 29.1 Å². The fourth-order valence-corrected chi connectivity index (χ4v) is 2.62. The molecular weight excluding hydrogens is 292 g/mol. The Hall–Kier alpha value is -2.43. The number of anilines is 2. The third-order valence-corrected chi connectivity index (χ3v) is 3.64. The Morgan fingerprint density at radius 2 is 2.17 bits per heavy atom. The number of hydrogen-bond donors (Lipinski definition) is 1. The SMILES string of the molecule is CC(C)(C)OC(=O)N1CCc2cc(NCc3ccco3)ccc21. The van der Waals surface area contributed by atoms with Gasteiger partial charge in [-0.15, -0.1) is 0 Å². The molecule has 1 aliphatic heterocycles. The van der Waals surface area contributed by atoms with E-state index in [1.165, 1.54) is 0 Å². The zero-order valence-corrected chi connectivity index (χ0v) is 13.8. The van der Waals surface area contributed by atoms with Crippen LogP contribution in [0.15, 0.2) is 41.0 Å². The minimum atomic E-state index is -0.482. The van der Waals surface area contributed by atoms with Gasteiger partial charge in [0.2, 0.25) is 0 Å². The number of fused-ring (bicyclic) bond motifs is 1. The summed E-state index contributed by atoms with van der Waals surface area (Å²) in [7, 11) is 0. The summed E-state index contributed by atoms with van der Waals surface area (Å²) >= 11 is 0. The molecule has 0 unspecified atom stereocenters. The van der Waals surface area contributed by atoms with Crippen molar-refractivity contribution in [2.45, 2.75) is 39.3 Å². The zero-order chi connectivity index (χ0) is 16.4. The van der Waals surface area contributed by atoms with E-state index >= 15 is 0 Å². The van der Waals surface area contributed by atoms with Crippen LogP contribution < -0.4 is 10.2 Å². The molecule has 3 rings (SSSR count). The predicted molar refractivity (Wildman–Crippen MR) is 89.8 cm³/mol. The summed E-state index contributed by atoms with van der Waals surface area (Å²) in [5.41, 5.74) is 2.62. The molecule has 0 saturated heterocycles. The van der Waals surface area contributed by atoms with E-state index in [4.69, 9.17) is 9.15 Å². The smallest absolute Gasteiger partial charge is 0.414 e. The highest BCUT2D eigenvalue weighted by atomic mass is 16.6. The number of amides is 1. The lowest BCUT2D eigenvalue weighted by Gasteiger charge is -2.24. The molecule has 0 radical (unpaired) electrons. The van der Waals surface area contributed by atoms with Crippen LogP contribution in [0.5, 0.6) is 0 Å². The van der Waals surface area contributed by atoms with E-state index in [1.807, 2.05) is 45.0 Å². The largest absolute Gasteiger partial charge is 0.467 e. The van der Waals surface area contributed by atoms with Crippen LogP contribution in [-0.4, -0.2) is 18.2 Å². The second kappa shape index (κ2) is 5.99. The van der Waals surface area contributed by atoms with Gasteiger partial charge in [-0.3, -0.25) is 4.90 Å². The van der Waals surface area contributed by atoms with Crippen molar-refractivity contribution in [2.75, 3.05) is 16.8 Å². The Balaban J connectivity index is 1.68. The average molecular weight is 314 g/mol. The second-order valence-corrected chi connectivity index (χ2v) is 6.66. The Kier molecular flexibility index (Phi) is 4.03. The Bertz CT molecular complexity index is 687. The molecule has 1 amide bonds. The van der Waals surface area contributed by atoms with Gasteiger partial charge in [-0.05, 0) is 63.1 Å². The Morgan fingerprint density at radius 1 is 1.35 bits per heavy atom. The third-order valence-electron chi connectivity index (χ3n) is 3.64. The van der Waals surface area contributed by atoms with Crippen LogP contribution in [0.1, 0.15) is 32.1 Å². The summed E-state index contributed by atoms with van der Waals surface area (Å²) in [5, 5.41) is 3.33. The Labute approximate surface area is 136 Å². The van der Waals surface area contributed by atoms with Gasteiger partial charge in [0.1, 0.15) is 11.4 Å². The summed E-state index contributed by atoms with van der Waals surface area (Å²) in [4.78, 5) is 14.0. The molecule has 0 aliphatic carbocycles. The molecule has 5 heteroatoms. The van der Waals surface area contributed by atoms with E-state index in [0.29, 0.717) is 13.1 Å². The van der Waals surface area contributed by atoms with E-state index in [1.54, 1.807) is 11.2 Å². The summed E-state index contributed by atoms with van der Waals surface area (Å²) in [6, 6.07) is 9.84. The number of hydrogen-bond acceptors (Lipinski definition) is 4. The molecule has 0 atom stereocenters. The van der Waals surface area contributed by atoms with Crippen LogP contribution in [0.3, 0.4) is 0 Å². The maximum Gasteiger partial charge on any atom is 0.414 e. The molecule has 1 aliphatic rings. The first-order valence-electron chi connectivity index (χ1n) is 7.82. The standard InChI is InChI=1S/C18H22N2O3/c1-18(2,3)23-17(21)20-9-8-13-11-14(6-7-16(13)20)19-12-15-5-4-10-22-15/h4-7,10-11,19H,8-9,12H2,1-3H3. The average Bonchev–Trinajstić information content (AvgIpc) is 3.12. The molecule has 1 aromatic carbocycles. The van der Waals surface area contributed by atoms with Gasteiger partial charge in [0, 0.05) is 12.2 Å². The van der Waals surface area contributed by atoms with Gasteiger partial charge in [0.05, 0.1) is 18.5 Å². The van der Waals surface area contributed by atoms with Crippen LogP contribution in [0.2, 0.25) is 0 Å². The van der Waals surface area contributed by atoms with E-state index < -0.39 is 5.60 Å². The number of rotatable bonds is 3. The zero-order valence-electron chi connectivity index (χ0n) is 13.8. The molecule has 122 valence electrons. The molecule has 1 N–H and O–H groups in total. The van der Waals surface area contributed by atoms with E-state index in [2.05, 4.69) is 11.4 Å². The van der Waals surface area contributed by atoms with Gasteiger partial charge in [0.25, 0.3) is 0 Å². The van der Waals surface area contributed by atoms with Crippen LogP contribution >= 0.6 is 0 Å². The molecule has 1 aromatic heterocycles. The quantitative estimate of drug-likeness (QED) is 0.923.